The zero-order valence-corrected chi connectivity index (χ0v) is 19.8. The molecular weight excluding hydrogens is 436 g/mol. The van der Waals surface area contributed by atoms with Crippen LogP contribution < -0.4 is 0 Å². The number of hydrogen-bond donors (Lipinski definition) is 0. The largest absolute Gasteiger partial charge is 0.361 e. The van der Waals surface area contributed by atoms with Crippen molar-refractivity contribution in [3.63, 3.8) is 0 Å². The summed E-state index contributed by atoms with van der Waals surface area (Å²) in [5.74, 6) is 0.776. The summed E-state index contributed by atoms with van der Waals surface area (Å²) in [4.78, 5) is 9.69. The van der Waals surface area contributed by atoms with Gasteiger partial charge in [0.15, 0.2) is 0 Å². The molecule has 0 amide bonds. The van der Waals surface area contributed by atoms with Crippen molar-refractivity contribution < 1.29 is 4.52 Å². The maximum Gasteiger partial charge on any atom is 0.141 e. The smallest absolute Gasteiger partial charge is 0.141 e. The number of aryl methyl sites for hydroxylation is 3. The predicted molar refractivity (Wildman–Crippen MR) is 135 cm³/mol. The van der Waals surface area contributed by atoms with E-state index in [0.29, 0.717) is 0 Å². The zero-order chi connectivity index (χ0) is 23.9. The molecule has 7 heteroatoms. The van der Waals surface area contributed by atoms with Crippen molar-refractivity contribution >= 4 is 11.0 Å². The average Bonchev–Trinajstić information content (AvgIpc) is 3.57. The lowest BCUT2D eigenvalue weighted by molar-refractivity contribution is 0.393. The van der Waals surface area contributed by atoms with E-state index in [1.807, 2.05) is 68.6 Å². The van der Waals surface area contributed by atoms with Crippen LogP contribution in [0.2, 0.25) is 0 Å². The third-order valence-corrected chi connectivity index (χ3v) is 6.37. The van der Waals surface area contributed by atoms with E-state index in [2.05, 4.69) is 57.4 Å². The summed E-state index contributed by atoms with van der Waals surface area (Å²) in [5, 5.41) is 8.55. The molecule has 0 aliphatic carbocycles. The van der Waals surface area contributed by atoms with Crippen LogP contribution in [0.1, 0.15) is 28.8 Å². The Morgan fingerprint density at radius 2 is 1.71 bits per heavy atom. The summed E-state index contributed by atoms with van der Waals surface area (Å²) >= 11 is 0. The average molecular weight is 461 g/mol. The van der Waals surface area contributed by atoms with Crippen LogP contribution in [0, 0.1) is 13.8 Å². The molecule has 1 unspecified atom stereocenters. The van der Waals surface area contributed by atoms with E-state index in [9.17, 15) is 0 Å². The molecule has 0 aliphatic heterocycles. The highest BCUT2D eigenvalue weighted by Gasteiger charge is 2.24. The van der Waals surface area contributed by atoms with Crippen LogP contribution >= 0.6 is 0 Å². The number of nitrogens with zero attached hydrogens (tertiary/aromatic N) is 6. The lowest BCUT2D eigenvalue weighted by Crippen LogP contribution is -2.12. The van der Waals surface area contributed by atoms with Crippen molar-refractivity contribution in [1.29, 1.82) is 0 Å². The molecule has 1 atom stereocenters. The molecule has 6 rings (SSSR count). The second-order valence-electron chi connectivity index (χ2n) is 8.71. The highest BCUT2D eigenvalue weighted by molar-refractivity contribution is 5.95. The molecule has 0 saturated carbocycles. The van der Waals surface area contributed by atoms with Gasteiger partial charge in [-0.1, -0.05) is 41.6 Å². The minimum atomic E-state index is -0.132. The predicted octanol–water partition coefficient (Wildman–Crippen LogP) is 5.74. The van der Waals surface area contributed by atoms with Crippen molar-refractivity contribution in [2.24, 2.45) is 7.05 Å². The monoisotopic (exact) mass is 460 g/mol. The lowest BCUT2D eigenvalue weighted by Gasteiger charge is -2.20. The Kier molecular flexibility index (Phi) is 5.03. The van der Waals surface area contributed by atoms with E-state index < -0.39 is 0 Å². The molecule has 0 saturated heterocycles. The van der Waals surface area contributed by atoms with Crippen molar-refractivity contribution in [2.45, 2.75) is 19.9 Å². The van der Waals surface area contributed by atoms with Gasteiger partial charge in [0, 0.05) is 54.1 Å². The molecule has 6 aromatic rings. The van der Waals surface area contributed by atoms with Gasteiger partial charge in [0.2, 0.25) is 0 Å². The first-order valence-corrected chi connectivity index (χ1v) is 11.5. The highest BCUT2D eigenvalue weighted by atomic mass is 16.5. The fourth-order valence-corrected chi connectivity index (χ4v) is 4.79. The van der Waals surface area contributed by atoms with Crippen LogP contribution in [0.3, 0.4) is 0 Å². The molecule has 7 nitrogen and oxygen atoms in total. The van der Waals surface area contributed by atoms with Gasteiger partial charge in [0.25, 0.3) is 0 Å². The molecule has 0 N–H and O–H groups in total. The van der Waals surface area contributed by atoms with E-state index in [4.69, 9.17) is 14.5 Å². The molecule has 1 aromatic carbocycles. The first-order valence-electron chi connectivity index (χ1n) is 11.5. The lowest BCUT2D eigenvalue weighted by atomic mass is 10.0. The Bertz CT molecular complexity index is 1570. The maximum atomic E-state index is 5.45. The van der Waals surface area contributed by atoms with Gasteiger partial charge in [-0.3, -0.25) is 14.6 Å². The third-order valence-electron chi connectivity index (χ3n) is 6.37. The molecule has 35 heavy (non-hydrogen) atoms. The number of aromatic nitrogens is 6. The maximum absolute atomic E-state index is 5.45. The summed E-state index contributed by atoms with van der Waals surface area (Å²) < 4.78 is 9.53. The summed E-state index contributed by atoms with van der Waals surface area (Å²) in [6.07, 6.45) is 9.80. The van der Waals surface area contributed by atoms with Crippen LogP contribution in [-0.2, 0) is 7.05 Å². The Hall–Kier alpha value is -4.52. The molecular formula is C28H24N6O. The Balaban J connectivity index is 1.66. The van der Waals surface area contributed by atoms with Gasteiger partial charge in [-0.2, -0.15) is 5.10 Å². The van der Waals surface area contributed by atoms with Gasteiger partial charge >= 0.3 is 0 Å². The summed E-state index contributed by atoms with van der Waals surface area (Å²) in [5.41, 5.74) is 8.84. The minimum absolute atomic E-state index is 0.132. The van der Waals surface area contributed by atoms with Gasteiger partial charge in [-0.25, -0.2) is 0 Å². The fraction of sp³-hybridized carbons (Fsp3) is 0.143. The number of hydrogen-bond acceptors (Lipinski definition) is 5. The summed E-state index contributed by atoms with van der Waals surface area (Å²) in [6.45, 7) is 3.89. The molecule has 0 fully saturated rings. The second kappa shape index (κ2) is 8.36. The standard InChI is InChI=1S/C28H24N6O/c1-18-26(19(2)35-32-18)21-13-25-27(30-14-21)23(22-15-31-33(3)16-22)17-34(25)28(20-9-5-4-6-10-20)24-11-7-8-12-29-24/h4-17,28H,1-3H3. The van der Waals surface area contributed by atoms with Crippen LogP contribution in [0.5, 0.6) is 0 Å². The Morgan fingerprint density at radius 3 is 2.40 bits per heavy atom. The van der Waals surface area contributed by atoms with Gasteiger partial charge in [-0.15, -0.1) is 0 Å². The first kappa shape index (κ1) is 21.0. The van der Waals surface area contributed by atoms with Crippen molar-refractivity contribution in [1.82, 2.24) is 29.5 Å². The Morgan fingerprint density at radius 1 is 0.886 bits per heavy atom. The number of rotatable bonds is 5. The van der Waals surface area contributed by atoms with Crippen LogP contribution in [0.4, 0.5) is 0 Å². The van der Waals surface area contributed by atoms with E-state index >= 15 is 0 Å². The third kappa shape index (κ3) is 3.61. The topological polar surface area (TPSA) is 74.6 Å². The van der Waals surface area contributed by atoms with Crippen LogP contribution in [-0.4, -0.2) is 29.5 Å². The molecule has 0 aliphatic rings. The van der Waals surface area contributed by atoms with Crippen molar-refractivity contribution in [3.05, 3.63) is 108 Å². The number of benzene rings is 1. The SMILES string of the molecule is Cc1noc(C)c1-c1cnc2c(-c3cnn(C)c3)cn(C(c3ccccc3)c3ccccn3)c2c1. The van der Waals surface area contributed by atoms with Crippen LogP contribution in [0.15, 0.2) is 90.1 Å². The molecule has 5 heterocycles. The van der Waals surface area contributed by atoms with E-state index in [1.165, 1.54) is 0 Å². The molecule has 0 radical (unpaired) electrons. The minimum Gasteiger partial charge on any atom is -0.361 e. The molecule has 172 valence electrons. The van der Waals surface area contributed by atoms with Crippen molar-refractivity contribution in [2.75, 3.05) is 0 Å². The Labute approximate surface area is 202 Å². The molecule has 5 aromatic heterocycles. The highest BCUT2D eigenvalue weighted by Crippen LogP contribution is 2.38. The molecule has 0 bridgehead atoms. The van der Waals surface area contributed by atoms with Gasteiger partial charge < -0.3 is 9.09 Å². The van der Waals surface area contributed by atoms with Gasteiger partial charge in [-0.05, 0) is 37.6 Å². The normalized spacial score (nSPS) is 12.3. The fourth-order valence-electron chi connectivity index (χ4n) is 4.79. The quantitative estimate of drug-likeness (QED) is 0.328. The van der Waals surface area contributed by atoms with Gasteiger partial charge in [0.05, 0.1) is 28.6 Å². The van der Waals surface area contributed by atoms with E-state index in [0.717, 1.165) is 56.0 Å². The first-order chi connectivity index (χ1) is 17.1. The second-order valence-corrected chi connectivity index (χ2v) is 8.71. The molecule has 0 spiro atoms. The van der Waals surface area contributed by atoms with Gasteiger partial charge in [0.1, 0.15) is 11.8 Å². The summed E-state index contributed by atoms with van der Waals surface area (Å²) in [6, 6.07) is 18.5. The van der Waals surface area contributed by atoms with E-state index in [1.54, 1.807) is 0 Å². The van der Waals surface area contributed by atoms with E-state index in [-0.39, 0.29) is 6.04 Å². The summed E-state index contributed by atoms with van der Waals surface area (Å²) in [7, 11) is 1.92. The number of pyridine rings is 2. The zero-order valence-electron chi connectivity index (χ0n) is 19.8. The van der Waals surface area contributed by atoms with Crippen LogP contribution in [0.25, 0.3) is 33.3 Å². The number of fused-ring (bicyclic) bond motifs is 1. The van der Waals surface area contributed by atoms with Crippen molar-refractivity contribution in [3.8, 4) is 22.3 Å².